The number of hydrogen-bond acceptors (Lipinski definition) is 7. The molecule has 0 atom stereocenters. The van der Waals surface area contributed by atoms with Crippen LogP contribution in [0.1, 0.15) is 27.2 Å². The molecule has 2 aliphatic rings. The lowest BCUT2D eigenvalue weighted by molar-refractivity contribution is 0.0733. The molecule has 0 spiro atoms. The summed E-state index contributed by atoms with van der Waals surface area (Å²) < 4.78 is 11.2. The number of aromatic nitrogens is 2. The Labute approximate surface area is 172 Å². The molecule has 4 heterocycles. The summed E-state index contributed by atoms with van der Waals surface area (Å²) in [5.74, 6) is 1.24. The van der Waals surface area contributed by atoms with Crippen LogP contribution in [0.15, 0.2) is 42.7 Å². The Hall–Kier alpha value is -4.12. The third-order valence-corrected chi connectivity index (χ3v) is 5.35. The molecule has 2 N–H and O–H groups in total. The van der Waals surface area contributed by atoms with Crippen LogP contribution in [-0.2, 0) is 13.0 Å². The first kappa shape index (κ1) is 17.9. The first-order valence-corrected chi connectivity index (χ1v) is 9.47. The third kappa shape index (κ3) is 2.79. The minimum absolute atomic E-state index is 0.114. The number of nitrogens with two attached hydrogens (primary N) is 1. The number of fused-ring (bicyclic) bond motifs is 2. The van der Waals surface area contributed by atoms with Crippen molar-refractivity contribution in [2.75, 3.05) is 19.1 Å². The molecule has 1 amide bonds. The fourth-order valence-corrected chi connectivity index (χ4v) is 3.96. The predicted molar refractivity (Wildman–Crippen MR) is 108 cm³/mol. The molecule has 8 nitrogen and oxygen atoms in total. The van der Waals surface area contributed by atoms with Gasteiger partial charge < -0.3 is 20.1 Å². The number of amides is 1. The van der Waals surface area contributed by atoms with Gasteiger partial charge in [-0.1, -0.05) is 12.1 Å². The average molecular weight is 399 g/mol. The van der Waals surface area contributed by atoms with E-state index in [1.54, 1.807) is 29.4 Å². The first-order chi connectivity index (χ1) is 14.7. The van der Waals surface area contributed by atoms with Crippen LogP contribution in [0.3, 0.4) is 0 Å². The largest absolute Gasteiger partial charge is 0.454 e. The van der Waals surface area contributed by atoms with Crippen LogP contribution in [0.5, 0.6) is 11.5 Å². The lowest BCUT2D eigenvalue weighted by Gasteiger charge is -2.30. The summed E-state index contributed by atoms with van der Waals surface area (Å²) in [4.78, 5) is 23.2. The summed E-state index contributed by atoms with van der Waals surface area (Å²) in [6.07, 6.45) is 3.72. The Morgan fingerprint density at radius 1 is 1.23 bits per heavy atom. The van der Waals surface area contributed by atoms with E-state index in [1.165, 1.54) is 0 Å². The summed E-state index contributed by atoms with van der Waals surface area (Å²) in [7, 11) is 0. The van der Waals surface area contributed by atoms with Gasteiger partial charge in [-0.15, -0.1) is 0 Å². The highest BCUT2D eigenvalue weighted by Crippen LogP contribution is 2.45. The van der Waals surface area contributed by atoms with Crippen LogP contribution in [0.25, 0.3) is 11.1 Å². The molecule has 0 aliphatic carbocycles. The monoisotopic (exact) mass is 399 g/mol. The number of hydrogen-bond donors (Lipinski definition) is 1. The fourth-order valence-electron chi connectivity index (χ4n) is 3.96. The zero-order valence-corrected chi connectivity index (χ0v) is 16.0. The van der Waals surface area contributed by atoms with Gasteiger partial charge in [0.15, 0.2) is 11.5 Å². The predicted octanol–water partition coefficient (Wildman–Crippen LogP) is 2.52. The molecule has 0 fully saturated rings. The van der Waals surface area contributed by atoms with Gasteiger partial charge >= 0.3 is 0 Å². The molecule has 2 aromatic heterocycles. The van der Waals surface area contributed by atoms with E-state index in [2.05, 4.69) is 16.0 Å². The van der Waals surface area contributed by atoms with E-state index in [-0.39, 0.29) is 24.1 Å². The molecule has 5 rings (SSSR count). The maximum atomic E-state index is 13.0. The van der Waals surface area contributed by atoms with Gasteiger partial charge in [0.2, 0.25) is 6.79 Å². The van der Waals surface area contributed by atoms with Gasteiger partial charge in [-0.3, -0.25) is 9.78 Å². The van der Waals surface area contributed by atoms with Crippen molar-refractivity contribution in [3.05, 3.63) is 65.1 Å². The van der Waals surface area contributed by atoms with Gasteiger partial charge in [0, 0.05) is 48.6 Å². The van der Waals surface area contributed by atoms with Crippen molar-refractivity contribution in [3.8, 4) is 28.7 Å². The van der Waals surface area contributed by atoms with E-state index >= 15 is 0 Å². The van der Waals surface area contributed by atoms with Crippen molar-refractivity contribution >= 4 is 11.7 Å². The van der Waals surface area contributed by atoms with Gasteiger partial charge in [-0.05, 0) is 18.2 Å². The Morgan fingerprint density at radius 2 is 2.13 bits per heavy atom. The molecule has 3 aromatic rings. The normalized spacial score (nSPS) is 14.2. The van der Waals surface area contributed by atoms with Crippen molar-refractivity contribution in [2.24, 2.45) is 0 Å². The number of carbonyl (C=O) groups is 1. The van der Waals surface area contributed by atoms with E-state index in [9.17, 15) is 10.1 Å². The fraction of sp³-hybridized carbons (Fsp3) is 0.182. The van der Waals surface area contributed by atoms with Gasteiger partial charge in [0.25, 0.3) is 5.91 Å². The number of ether oxygens (including phenoxy) is 2. The summed E-state index contributed by atoms with van der Waals surface area (Å²) in [5.41, 5.74) is 9.86. The van der Waals surface area contributed by atoms with Crippen molar-refractivity contribution < 1.29 is 14.3 Å². The molecule has 148 valence electrons. The highest BCUT2D eigenvalue weighted by atomic mass is 16.7. The number of benzene rings is 1. The van der Waals surface area contributed by atoms with Gasteiger partial charge in [-0.25, -0.2) is 4.98 Å². The molecule has 0 radical (unpaired) electrons. The SMILES string of the molecule is N#Cc1c(N)nc2c(c1-c1cccc3c1OCO3)CN(C(=O)c1cccnc1)CC2. The molecule has 0 bridgehead atoms. The standard InChI is InChI=1S/C22H17N5O3/c23-9-15-19(14-4-1-5-18-20(14)30-12-29-18)16-11-27(8-6-17(16)26-21(15)24)22(28)13-3-2-7-25-10-13/h1-5,7,10H,6,8,11-12H2,(H2,24,26). The topological polar surface area (TPSA) is 114 Å². The number of pyridine rings is 2. The highest BCUT2D eigenvalue weighted by Gasteiger charge is 2.30. The smallest absolute Gasteiger partial charge is 0.255 e. The van der Waals surface area contributed by atoms with Gasteiger partial charge in [0.1, 0.15) is 17.5 Å². The lowest BCUT2D eigenvalue weighted by atomic mass is 9.90. The van der Waals surface area contributed by atoms with Gasteiger partial charge in [-0.2, -0.15) is 5.26 Å². The van der Waals surface area contributed by atoms with Crippen molar-refractivity contribution in [2.45, 2.75) is 13.0 Å². The Kier molecular flexibility index (Phi) is 4.21. The quantitative estimate of drug-likeness (QED) is 0.704. The first-order valence-electron chi connectivity index (χ1n) is 9.47. The number of para-hydroxylation sites is 1. The summed E-state index contributed by atoms with van der Waals surface area (Å²) >= 11 is 0. The Bertz CT molecular complexity index is 1200. The maximum Gasteiger partial charge on any atom is 0.255 e. The zero-order chi connectivity index (χ0) is 20.7. The maximum absolute atomic E-state index is 13.0. The van der Waals surface area contributed by atoms with Crippen LogP contribution >= 0.6 is 0 Å². The average Bonchev–Trinajstić information content (AvgIpc) is 3.27. The molecule has 1 aromatic carbocycles. The molecule has 0 saturated carbocycles. The molecular weight excluding hydrogens is 382 g/mol. The molecular formula is C22H17N5O3. The van der Waals surface area contributed by atoms with Crippen molar-refractivity contribution in [1.29, 1.82) is 5.26 Å². The number of nitriles is 1. The highest BCUT2D eigenvalue weighted by molar-refractivity contribution is 5.94. The second kappa shape index (κ2) is 7.04. The van der Waals surface area contributed by atoms with Crippen molar-refractivity contribution in [1.82, 2.24) is 14.9 Å². The second-order valence-corrected chi connectivity index (χ2v) is 7.04. The zero-order valence-electron chi connectivity index (χ0n) is 16.0. The summed E-state index contributed by atoms with van der Waals surface area (Å²) in [6, 6.07) is 11.2. The molecule has 0 unspecified atom stereocenters. The molecule has 8 heteroatoms. The number of anilines is 1. The Morgan fingerprint density at radius 3 is 2.93 bits per heavy atom. The van der Waals surface area contributed by atoms with Crippen LogP contribution in [0.2, 0.25) is 0 Å². The van der Waals surface area contributed by atoms with E-state index in [4.69, 9.17) is 15.2 Å². The van der Waals surface area contributed by atoms with Crippen LogP contribution in [0.4, 0.5) is 5.82 Å². The van der Waals surface area contributed by atoms with Crippen molar-refractivity contribution in [3.63, 3.8) is 0 Å². The lowest BCUT2D eigenvalue weighted by Crippen LogP contribution is -2.37. The number of carbonyl (C=O) groups excluding carboxylic acids is 1. The van der Waals surface area contributed by atoms with Crippen LogP contribution < -0.4 is 15.2 Å². The van der Waals surface area contributed by atoms with Gasteiger partial charge in [0.05, 0.1) is 11.3 Å². The van der Waals surface area contributed by atoms with Crippen LogP contribution in [-0.4, -0.2) is 34.1 Å². The van der Waals surface area contributed by atoms with Crippen LogP contribution in [0, 0.1) is 11.3 Å². The Balaban J connectivity index is 1.65. The minimum Gasteiger partial charge on any atom is -0.454 e. The molecule has 0 saturated heterocycles. The van der Waals surface area contributed by atoms with E-state index in [0.717, 1.165) is 11.3 Å². The molecule has 2 aliphatic heterocycles. The minimum atomic E-state index is -0.118. The molecule has 30 heavy (non-hydrogen) atoms. The number of rotatable bonds is 2. The second-order valence-electron chi connectivity index (χ2n) is 7.04. The summed E-state index contributed by atoms with van der Waals surface area (Å²) in [5, 5.41) is 9.83. The van der Waals surface area contributed by atoms with E-state index < -0.39 is 0 Å². The number of nitrogen functional groups attached to an aromatic ring is 1. The number of nitrogens with zero attached hydrogens (tertiary/aromatic N) is 4. The third-order valence-electron chi connectivity index (χ3n) is 5.35. The summed E-state index contributed by atoms with van der Waals surface area (Å²) in [6.45, 7) is 0.929. The van der Waals surface area contributed by atoms with E-state index in [0.29, 0.717) is 47.7 Å². The van der Waals surface area contributed by atoms with E-state index in [1.807, 2.05) is 18.2 Å².